The molecule has 0 aliphatic carbocycles. The van der Waals surface area contributed by atoms with Gasteiger partial charge >= 0.3 is 0 Å². The van der Waals surface area contributed by atoms with Gasteiger partial charge in [0.2, 0.25) is 0 Å². The van der Waals surface area contributed by atoms with Crippen LogP contribution in [0.4, 0.5) is 5.13 Å². The van der Waals surface area contributed by atoms with Crippen LogP contribution in [0, 0.1) is 6.92 Å². The van der Waals surface area contributed by atoms with Crippen LogP contribution >= 0.6 is 11.3 Å². The van der Waals surface area contributed by atoms with Crippen molar-refractivity contribution in [2.75, 3.05) is 5.32 Å². The number of ether oxygens (including phenoxy) is 1. The van der Waals surface area contributed by atoms with Gasteiger partial charge in [-0.15, -0.1) is 11.3 Å². The van der Waals surface area contributed by atoms with Crippen LogP contribution in [0.25, 0.3) is 0 Å². The third-order valence-electron chi connectivity index (χ3n) is 4.41. The van der Waals surface area contributed by atoms with Crippen molar-refractivity contribution in [2.45, 2.75) is 52.9 Å². The number of pyridine rings is 1. The Morgan fingerprint density at radius 1 is 1.36 bits per heavy atom. The Balaban J connectivity index is 1.73. The minimum absolute atomic E-state index is 0.0923. The lowest BCUT2D eigenvalue weighted by molar-refractivity contribution is -0.0623. The third kappa shape index (κ3) is 4.66. The van der Waals surface area contributed by atoms with Crippen LogP contribution < -0.4 is 5.32 Å². The Morgan fingerprint density at radius 3 is 2.86 bits per heavy atom. The van der Waals surface area contributed by atoms with Crippen LogP contribution in [0.15, 0.2) is 42.2 Å². The molecule has 0 aliphatic heterocycles. The SMILES string of the molecule is Cc1cnccc1Cn1cccc1C(=O)Nc1nc(C(C)(C)OC(C)C)cs1. The highest BCUT2D eigenvalue weighted by Gasteiger charge is 2.26. The molecule has 0 aliphatic rings. The summed E-state index contributed by atoms with van der Waals surface area (Å²) in [5.41, 5.74) is 3.12. The summed E-state index contributed by atoms with van der Waals surface area (Å²) in [7, 11) is 0. The zero-order valence-corrected chi connectivity index (χ0v) is 17.7. The van der Waals surface area contributed by atoms with E-state index < -0.39 is 5.60 Å². The van der Waals surface area contributed by atoms with E-state index in [1.807, 2.05) is 75.2 Å². The first-order valence-corrected chi connectivity index (χ1v) is 10.1. The zero-order valence-electron chi connectivity index (χ0n) is 16.9. The van der Waals surface area contributed by atoms with Crippen molar-refractivity contribution in [3.8, 4) is 0 Å². The van der Waals surface area contributed by atoms with Gasteiger partial charge in [0.05, 0.1) is 11.8 Å². The largest absolute Gasteiger partial charge is 0.367 e. The van der Waals surface area contributed by atoms with E-state index >= 15 is 0 Å². The lowest BCUT2D eigenvalue weighted by Gasteiger charge is -2.25. The van der Waals surface area contributed by atoms with Gasteiger partial charge in [-0.1, -0.05) is 0 Å². The molecule has 0 aromatic carbocycles. The van der Waals surface area contributed by atoms with Gasteiger partial charge in [-0.3, -0.25) is 15.1 Å². The molecule has 0 fully saturated rings. The number of carbonyl (C=O) groups excluding carboxylic acids is 1. The number of aromatic nitrogens is 3. The molecule has 1 N–H and O–H groups in total. The Morgan fingerprint density at radius 2 is 2.14 bits per heavy atom. The van der Waals surface area contributed by atoms with Crippen LogP contribution in [0.5, 0.6) is 0 Å². The van der Waals surface area contributed by atoms with Crippen LogP contribution in [0.1, 0.15) is 55.0 Å². The molecule has 0 bridgehead atoms. The van der Waals surface area contributed by atoms with Gasteiger partial charge in [-0.25, -0.2) is 4.98 Å². The first-order valence-electron chi connectivity index (χ1n) is 9.26. The van der Waals surface area contributed by atoms with Gasteiger partial charge in [0, 0.05) is 30.5 Å². The molecule has 148 valence electrons. The van der Waals surface area contributed by atoms with Crippen LogP contribution in [-0.4, -0.2) is 26.5 Å². The monoisotopic (exact) mass is 398 g/mol. The molecular formula is C21H26N4O2S. The van der Waals surface area contributed by atoms with Gasteiger partial charge in [-0.05, 0) is 63.9 Å². The standard InChI is InChI=1S/C21H26N4O2S/c1-14(2)27-21(4,5)18-13-28-20(23-18)24-19(26)17-7-6-10-25(17)12-16-8-9-22-11-15(16)3/h6-11,13-14H,12H2,1-5H3,(H,23,24,26). The number of rotatable bonds is 7. The molecule has 0 atom stereocenters. The molecular weight excluding hydrogens is 372 g/mol. The maximum atomic E-state index is 12.8. The minimum Gasteiger partial charge on any atom is -0.367 e. The number of carbonyl (C=O) groups is 1. The second-order valence-corrected chi connectivity index (χ2v) is 8.35. The number of thiazole rings is 1. The average molecular weight is 399 g/mol. The summed E-state index contributed by atoms with van der Waals surface area (Å²) in [6, 6.07) is 5.66. The van der Waals surface area contributed by atoms with Crippen molar-refractivity contribution in [3.63, 3.8) is 0 Å². The summed E-state index contributed by atoms with van der Waals surface area (Å²) < 4.78 is 7.86. The number of aryl methyl sites for hydroxylation is 1. The van der Waals surface area contributed by atoms with Crippen molar-refractivity contribution in [2.24, 2.45) is 0 Å². The fourth-order valence-electron chi connectivity index (χ4n) is 3.04. The molecule has 0 radical (unpaired) electrons. The average Bonchev–Trinajstić information content (AvgIpc) is 3.25. The van der Waals surface area contributed by atoms with E-state index in [1.165, 1.54) is 11.3 Å². The van der Waals surface area contributed by atoms with E-state index in [0.29, 0.717) is 17.4 Å². The zero-order chi connectivity index (χ0) is 20.3. The van der Waals surface area contributed by atoms with E-state index in [4.69, 9.17) is 4.74 Å². The molecule has 28 heavy (non-hydrogen) atoms. The number of nitrogens with zero attached hydrogens (tertiary/aromatic N) is 3. The summed E-state index contributed by atoms with van der Waals surface area (Å²) in [6.45, 7) is 10.6. The summed E-state index contributed by atoms with van der Waals surface area (Å²) in [5, 5.41) is 5.40. The Labute approximate surface area is 169 Å². The van der Waals surface area contributed by atoms with Gasteiger partial charge in [-0.2, -0.15) is 0 Å². The number of amides is 1. The Bertz CT molecular complexity index is 959. The first-order chi connectivity index (χ1) is 13.3. The highest BCUT2D eigenvalue weighted by atomic mass is 32.1. The molecule has 7 heteroatoms. The predicted molar refractivity (Wildman–Crippen MR) is 112 cm³/mol. The summed E-state index contributed by atoms with van der Waals surface area (Å²) in [6.07, 6.45) is 5.59. The van der Waals surface area contributed by atoms with Crippen molar-refractivity contribution in [1.82, 2.24) is 14.5 Å². The molecule has 3 aromatic heterocycles. The molecule has 0 spiro atoms. The lowest BCUT2D eigenvalue weighted by Crippen LogP contribution is -2.26. The molecule has 3 rings (SSSR count). The predicted octanol–water partition coefficient (Wildman–Crippen LogP) is 4.61. The van der Waals surface area contributed by atoms with Crippen molar-refractivity contribution < 1.29 is 9.53 Å². The van der Waals surface area contributed by atoms with Crippen molar-refractivity contribution in [1.29, 1.82) is 0 Å². The molecule has 3 aromatic rings. The maximum Gasteiger partial charge on any atom is 0.274 e. The Hall–Kier alpha value is -2.51. The quantitative estimate of drug-likeness (QED) is 0.631. The molecule has 0 saturated carbocycles. The second-order valence-electron chi connectivity index (χ2n) is 7.49. The maximum absolute atomic E-state index is 12.8. The molecule has 3 heterocycles. The summed E-state index contributed by atoms with van der Waals surface area (Å²) >= 11 is 1.40. The Kier molecular flexibility index (Phi) is 5.96. The van der Waals surface area contributed by atoms with E-state index in [0.717, 1.165) is 16.8 Å². The van der Waals surface area contributed by atoms with Crippen molar-refractivity contribution >= 4 is 22.4 Å². The fourth-order valence-corrected chi connectivity index (χ4v) is 3.90. The van der Waals surface area contributed by atoms with E-state index in [9.17, 15) is 4.79 Å². The molecule has 1 amide bonds. The van der Waals surface area contributed by atoms with Gasteiger partial charge < -0.3 is 9.30 Å². The van der Waals surface area contributed by atoms with Crippen molar-refractivity contribution in [3.05, 3.63) is 64.7 Å². The van der Waals surface area contributed by atoms with Gasteiger partial charge in [0.1, 0.15) is 11.3 Å². The van der Waals surface area contributed by atoms with Crippen LogP contribution in [-0.2, 0) is 16.9 Å². The smallest absolute Gasteiger partial charge is 0.274 e. The molecule has 0 saturated heterocycles. The van der Waals surface area contributed by atoms with Crippen LogP contribution in [0.2, 0.25) is 0 Å². The number of hydrogen-bond donors (Lipinski definition) is 1. The lowest BCUT2D eigenvalue weighted by atomic mass is 10.1. The van der Waals surface area contributed by atoms with Crippen LogP contribution in [0.3, 0.4) is 0 Å². The number of hydrogen-bond acceptors (Lipinski definition) is 5. The van der Waals surface area contributed by atoms with E-state index in [1.54, 1.807) is 6.20 Å². The highest BCUT2D eigenvalue weighted by Crippen LogP contribution is 2.29. The molecule has 6 nitrogen and oxygen atoms in total. The second kappa shape index (κ2) is 8.24. The highest BCUT2D eigenvalue weighted by molar-refractivity contribution is 7.14. The minimum atomic E-state index is -0.507. The summed E-state index contributed by atoms with van der Waals surface area (Å²) in [4.78, 5) is 21.5. The third-order valence-corrected chi connectivity index (χ3v) is 5.17. The topological polar surface area (TPSA) is 69.0 Å². The van der Waals surface area contributed by atoms with E-state index in [2.05, 4.69) is 15.3 Å². The van der Waals surface area contributed by atoms with Gasteiger partial charge in [0.15, 0.2) is 5.13 Å². The normalized spacial score (nSPS) is 11.8. The first kappa shape index (κ1) is 20.2. The number of nitrogens with one attached hydrogen (secondary N) is 1. The van der Waals surface area contributed by atoms with Gasteiger partial charge in [0.25, 0.3) is 5.91 Å². The number of anilines is 1. The fraction of sp³-hybridized carbons (Fsp3) is 0.381. The van der Waals surface area contributed by atoms with E-state index in [-0.39, 0.29) is 12.0 Å². The molecule has 0 unspecified atom stereocenters. The summed E-state index contributed by atoms with van der Waals surface area (Å²) in [5.74, 6) is -0.180.